The number of allylic oxidation sites excluding steroid dienone is 1. The van der Waals surface area contributed by atoms with E-state index >= 15 is 0 Å². The number of rotatable bonds is 11. The molecule has 1 aromatic rings. The average molecular weight is 485 g/mol. The van der Waals surface area contributed by atoms with Crippen molar-refractivity contribution < 1.29 is 24.2 Å². The van der Waals surface area contributed by atoms with Crippen molar-refractivity contribution in [1.82, 2.24) is 4.90 Å². The Morgan fingerprint density at radius 1 is 1.06 bits per heavy atom. The molecule has 2 aliphatic rings. The molecule has 35 heavy (non-hydrogen) atoms. The van der Waals surface area contributed by atoms with Crippen LogP contribution in [0.2, 0.25) is 0 Å². The Hall–Kier alpha value is -2.67. The molecule has 1 aliphatic heterocycles. The summed E-state index contributed by atoms with van der Waals surface area (Å²) in [4.78, 5) is 42.2. The van der Waals surface area contributed by atoms with Gasteiger partial charge >= 0.3 is 5.97 Å². The number of aryl methyl sites for hydroxylation is 2. The van der Waals surface area contributed by atoms with Crippen molar-refractivity contribution in [3.8, 4) is 0 Å². The highest BCUT2D eigenvalue weighted by Crippen LogP contribution is 2.45. The van der Waals surface area contributed by atoms with Crippen LogP contribution >= 0.6 is 0 Å². The Morgan fingerprint density at radius 2 is 1.74 bits per heavy atom. The van der Waals surface area contributed by atoms with E-state index in [0.29, 0.717) is 6.54 Å². The topological polar surface area (TPSA) is 95.9 Å². The van der Waals surface area contributed by atoms with Crippen LogP contribution in [0.5, 0.6) is 0 Å². The molecule has 1 heterocycles. The minimum atomic E-state index is -0.685. The predicted octanol–water partition coefficient (Wildman–Crippen LogP) is 4.01. The van der Waals surface area contributed by atoms with Gasteiger partial charge in [-0.05, 0) is 57.1 Å². The number of esters is 1. The molecule has 0 bridgehead atoms. The Labute approximate surface area is 208 Å². The number of nitrogens with one attached hydrogen (secondary N) is 1. The van der Waals surface area contributed by atoms with E-state index in [-0.39, 0.29) is 42.8 Å². The summed E-state index contributed by atoms with van der Waals surface area (Å²) in [6.45, 7) is 8.53. The van der Waals surface area contributed by atoms with Gasteiger partial charge in [0.2, 0.25) is 11.8 Å². The molecule has 1 aromatic carbocycles. The number of amides is 2. The molecule has 3 rings (SSSR count). The molecule has 7 heteroatoms. The van der Waals surface area contributed by atoms with Gasteiger partial charge in [-0.2, -0.15) is 0 Å². The Kier molecular flexibility index (Phi) is 9.49. The van der Waals surface area contributed by atoms with Crippen molar-refractivity contribution in [2.24, 2.45) is 23.7 Å². The lowest BCUT2D eigenvalue weighted by Gasteiger charge is -2.33. The summed E-state index contributed by atoms with van der Waals surface area (Å²) in [5.41, 5.74) is 2.69. The van der Waals surface area contributed by atoms with Gasteiger partial charge in [0.25, 0.3) is 0 Å². The number of ether oxygens (including phenoxy) is 1. The van der Waals surface area contributed by atoms with Gasteiger partial charge in [-0.25, -0.2) is 0 Å². The fraction of sp³-hybridized carbons (Fsp3) is 0.607. The first-order valence-corrected chi connectivity index (χ1v) is 13.0. The second-order valence-corrected chi connectivity index (χ2v) is 9.71. The normalized spacial score (nSPS) is 25.5. The van der Waals surface area contributed by atoms with E-state index in [1.165, 1.54) is 0 Å². The fourth-order valence-electron chi connectivity index (χ4n) is 5.64. The molecule has 5 atom stereocenters. The molecule has 192 valence electrons. The fourth-order valence-corrected chi connectivity index (χ4v) is 5.64. The third-order valence-electron chi connectivity index (χ3n) is 7.45. The van der Waals surface area contributed by atoms with Crippen molar-refractivity contribution >= 4 is 23.5 Å². The van der Waals surface area contributed by atoms with Crippen LogP contribution in [-0.2, 0) is 19.1 Å². The number of likely N-dealkylation sites (tertiary alicyclic amines) is 1. The summed E-state index contributed by atoms with van der Waals surface area (Å²) in [7, 11) is 0. The summed E-state index contributed by atoms with van der Waals surface area (Å²) in [6, 6.07) is 5.17. The molecule has 0 saturated carbocycles. The number of fused-ring (bicyclic) bond motifs is 1. The molecule has 1 saturated heterocycles. The summed E-state index contributed by atoms with van der Waals surface area (Å²) in [6.07, 6.45) is 7.89. The van der Waals surface area contributed by atoms with Gasteiger partial charge in [-0.1, -0.05) is 50.1 Å². The summed E-state index contributed by atoms with van der Waals surface area (Å²) in [5, 5.41) is 12.2. The van der Waals surface area contributed by atoms with Gasteiger partial charge in [-0.15, -0.1) is 0 Å². The van der Waals surface area contributed by atoms with E-state index in [9.17, 15) is 14.4 Å². The molecule has 0 spiro atoms. The van der Waals surface area contributed by atoms with Gasteiger partial charge in [0.1, 0.15) is 6.04 Å². The van der Waals surface area contributed by atoms with Gasteiger partial charge < -0.3 is 20.1 Å². The van der Waals surface area contributed by atoms with Crippen LogP contribution in [0.4, 0.5) is 5.69 Å². The Balaban J connectivity index is 1.93. The molecule has 1 aliphatic carbocycles. The zero-order chi connectivity index (χ0) is 25.5. The highest BCUT2D eigenvalue weighted by Gasteiger charge is 2.57. The largest absolute Gasteiger partial charge is 0.466 e. The van der Waals surface area contributed by atoms with E-state index in [4.69, 9.17) is 9.84 Å². The molecule has 2 amide bonds. The first kappa shape index (κ1) is 26.9. The van der Waals surface area contributed by atoms with Crippen LogP contribution in [0.3, 0.4) is 0 Å². The first-order chi connectivity index (χ1) is 16.8. The van der Waals surface area contributed by atoms with Crippen LogP contribution in [-0.4, -0.2) is 53.6 Å². The first-order valence-electron chi connectivity index (χ1n) is 13.0. The molecular formula is C28H40N2O5. The molecule has 0 unspecified atom stereocenters. The number of carbonyl (C=O) groups excluding carboxylic acids is 3. The number of para-hydroxylation sites is 1. The molecule has 7 nitrogen and oxygen atoms in total. The Bertz CT molecular complexity index is 923. The predicted molar refractivity (Wildman–Crippen MR) is 136 cm³/mol. The summed E-state index contributed by atoms with van der Waals surface area (Å²) >= 11 is 0. The maximum Gasteiger partial charge on any atom is 0.310 e. The lowest BCUT2D eigenvalue weighted by Crippen LogP contribution is -2.45. The minimum absolute atomic E-state index is 0.0916. The third-order valence-corrected chi connectivity index (χ3v) is 7.45. The lowest BCUT2D eigenvalue weighted by atomic mass is 9.69. The van der Waals surface area contributed by atoms with E-state index in [1.54, 1.807) is 11.8 Å². The SMILES string of the molecule is CCOC(=O)[C@H]1[C@H]2C(=O)N(CCCCCCO)[C@H](C(=O)Nc3c(C)cccc3C)[C@H]2C=C[C@H]1CC. The van der Waals surface area contributed by atoms with Crippen molar-refractivity contribution in [2.75, 3.05) is 25.1 Å². The highest BCUT2D eigenvalue weighted by molar-refractivity contribution is 6.02. The quantitative estimate of drug-likeness (QED) is 0.281. The number of hydrogen-bond acceptors (Lipinski definition) is 5. The molecule has 2 N–H and O–H groups in total. The zero-order valence-electron chi connectivity index (χ0n) is 21.5. The van der Waals surface area contributed by atoms with Crippen molar-refractivity contribution in [3.63, 3.8) is 0 Å². The third kappa shape index (κ3) is 5.77. The van der Waals surface area contributed by atoms with Crippen molar-refractivity contribution in [3.05, 3.63) is 41.5 Å². The second-order valence-electron chi connectivity index (χ2n) is 9.71. The van der Waals surface area contributed by atoms with Crippen LogP contribution in [0.25, 0.3) is 0 Å². The van der Waals surface area contributed by atoms with E-state index in [1.807, 2.05) is 51.1 Å². The molecule has 1 fully saturated rings. The molecule has 0 radical (unpaired) electrons. The van der Waals surface area contributed by atoms with E-state index in [0.717, 1.165) is 48.9 Å². The van der Waals surface area contributed by atoms with Crippen LogP contribution in [0, 0.1) is 37.5 Å². The highest BCUT2D eigenvalue weighted by atomic mass is 16.5. The van der Waals surface area contributed by atoms with Crippen LogP contribution in [0.15, 0.2) is 30.4 Å². The van der Waals surface area contributed by atoms with Crippen molar-refractivity contribution in [1.29, 1.82) is 0 Å². The molecule has 0 aromatic heterocycles. The van der Waals surface area contributed by atoms with E-state index < -0.39 is 17.9 Å². The Morgan fingerprint density at radius 3 is 2.37 bits per heavy atom. The van der Waals surface area contributed by atoms with Crippen LogP contribution < -0.4 is 5.32 Å². The number of unbranched alkanes of at least 4 members (excludes halogenated alkanes) is 3. The number of anilines is 1. The smallest absolute Gasteiger partial charge is 0.310 e. The van der Waals surface area contributed by atoms with Crippen molar-refractivity contribution in [2.45, 2.75) is 65.8 Å². The maximum absolute atomic E-state index is 13.8. The van der Waals surface area contributed by atoms with Gasteiger partial charge in [-0.3, -0.25) is 14.4 Å². The zero-order valence-corrected chi connectivity index (χ0v) is 21.5. The van der Waals surface area contributed by atoms with Crippen LogP contribution in [0.1, 0.15) is 57.1 Å². The number of aliphatic hydroxyl groups is 1. The minimum Gasteiger partial charge on any atom is -0.466 e. The van der Waals surface area contributed by atoms with Gasteiger partial charge in [0, 0.05) is 24.8 Å². The number of benzene rings is 1. The number of hydrogen-bond donors (Lipinski definition) is 2. The summed E-state index contributed by atoms with van der Waals surface area (Å²) in [5.74, 6) is -2.38. The number of carbonyl (C=O) groups is 3. The standard InChI is InChI=1S/C28H40N2O5/c1-5-20-14-15-21-23(22(20)28(34)35-6-2)27(33)30(16-9-7-8-10-17-31)25(21)26(32)29-24-18(3)12-11-13-19(24)4/h11-15,20-23,25,31H,5-10,16-17H2,1-4H3,(H,29,32)/t20-,21+,22-,23+,25+/m1/s1. The monoisotopic (exact) mass is 484 g/mol. The second kappa shape index (κ2) is 12.3. The summed E-state index contributed by atoms with van der Waals surface area (Å²) < 4.78 is 5.39. The lowest BCUT2D eigenvalue weighted by molar-refractivity contribution is -0.155. The number of nitrogens with zero attached hydrogens (tertiary/aromatic N) is 1. The van der Waals surface area contributed by atoms with E-state index in [2.05, 4.69) is 5.32 Å². The van der Waals surface area contributed by atoms with Gasteiger partial charge in [0.05, 0.1) is 18.4 Å². The average Bonchev–Trinajstić information content (AvgIpc) is 3.12. The van der Waals surface area contributed by atoms with Gasteiger partial charge in [0.15, 0.2) is 0 Å². The maximum atomic E-state index is 13.8. The number of aliphatic hydroxyl groups excluding tert-OH is 1. The molecular weight excluding hydrogens is 444 g/mol.